The van der Waals surface area contributed by atoms with Crippen LogP contribution in [0.4, 0.5) is 0 Å². The smallest absolute Gasteiger partial charge is 0.303 e. The molecule has 0 spiro atoms. The molecule has 1 saturated heterocycles. The molecule has 0 aliphatic carbocycles. The van der Waals surface area contributed by atoms with Crippen LogP contribution in [0.3, 0.4) is 0 Å². The van der Waals surface area contributed by atoms with Gasteiger partial charge in [-0.15, -0.1) is 0 Å². The second-order valence-electron chi connectivity index (χ2n) is 8.85. The predicted octanol–water partition coefficient (Wildman–Crippen LogP) is 4.90. The molecule has 0 bridgehead atoms. The summed E-state index contributed by atoms with van der Waals surface area (Å²) in [5.74, 6) is 0.219. The van der Waals surface area contributed by atoms with Gasteiger partial charge in [0, 0.05) is 19.4 Å². The number of unbranched alkanes of at least 4 members (excludes halogenated alkanes) is 3. The molecule has 1 heterocycles. The highest BCUT2D eigenvalue weighted by atomic mass is 16.5. The fourth-order valence-corrected chi connectivity index (χ4v) is 4.37. The average Bonchev–Trinajstić information content (AvgIpc) is 3.19. The van der Waals surface area contributed by atoms with Gasteiger partial charge in [-0.2, -0.15) is 0 Å². The fraction of sp³-hybridized carbons (Fsp3) is 0.429. The third kappa shape index (κ3) is 7.73. The molecular formula is C28H35NO5. The Bertz CT molecular complexity index is 969. The second kappa shape index (κ2) is 12.9. The normalized spacial score (nSPS) is 16.8. The lowest BCUT2D eigenvalue weighted by atomic mass is 10.00. The van der Waals surface area contributed by atoms with Crippen LogP contribution in [0.25, 0.3) is 0 Å². The van der Waals surface area contributed by atoms with Crippen LogP contribution in [0.2, 0.25) is 0 Å². The molecule has 2 aromatic carbocycles. The number of carboxylic acids is 1. The van der Waals surface area contributed by atoms with Crippen molar-refractivity contribution < 1.29 is 24.5 Å². The van der Waals surface area contributed by atoms with Crippen molar-refractivity contribution in [2.75, 3.05) is 13.7 Å². The Morgan fingerprint density at radius 3 is 2.62 bits per heavy atom. The number of aliphatic hydroxyl groups excluding tert-OH is 1. The molecular weight excluding hydrogens is 430 g/mol. The van der Waals surface area contributed by atoms with E-state index in [9.17, 15) is 14.7 Å². The highest BCUT2D eigenvalue weighted by Gasteiger charge is 2.28. The van der Waals surface area contributed by atoms with Gasteiger partial charge in [-0.25, -0.2) is 0 Å². The van der Waals surface area contributed by atoms with Gasteiger partial charge in [0.15, 0.2) is 0 Å². The first-order valence-electron chi connectivity index (χ1n) is 12.1. The van der Waals surface area contributed by atoms with Gasteiger partial charge < -0.3 is 19.8 Å². The molecule has 2 atom stereocenters. The number of hydrogen-bond acceptors (Lipinski definition) is 4. The maximum absolute atomic E-state index is 12.3. The number of likely N-dealkylation sites (tertiary alicyclic amines) is 1. The van der Waals surface area contributed by atoms with E-state index in [4.69, 9.17) is 9.84 Å². The van der Waals surface area contributed by atoms with Crippen LogP contribution in [0.5, 0.6) is 5.75 Å². The number of ether oxygens (including phenoxy) is 1. The van der Waals surface area contributed by atoms with Crippen molar-refractivity contribution in [2.24, 2.45) is 0 Å². The molecule has 6 heteroatoms. The number of carbonyl (C=O) groups is 2. The second-order valence-corrected chi connectivity index (χ2v) is 8.85. The van der Waals surface area contributed by atoms with E-state index >= 15 is 0 Å². The molecule has 3 rings (SSSR count). The Balaban J connectivity index is 1.53. The molecule has 182 valence electrons. The molecule has 1 aliphatic rings. The monoisotopic (exact) mass is 465 g/mol. The summed E-state index contributed by atoms with van der Waals surface area (Å²) < 4.78 is 5.21. The molecule has 1 amide bonds. The van der Waals surface area contributed by atoms with E-state index in [0.717, 1.165) is 49.0 Å². The van der Waals surface area contributed by atoms with Crippen molar-refractivity contribution in [1.82, 2.24) is 4.90 Å². The van der Waals surface area contributed by atoms with Crippen LogP contribution >= 0.6 is 0 Å². The molecule has 0 radical (unpaired) electrons. The van der Waals surface area contributed by atoms with E-state index < -0.39 is 12.1 Å². The minimum atomic E-state index is -0.759. The minimum absolute atomic E-state index is 0.00338. The Morgan fingerprint density at radius 2 is 1.88 bits per heavy atom. The Morgan fingerprint density at radius 1 is 1.12 bits per heavy atom. The highest BCUT2D eigenvalue weighted by Crippen LogP contribution is 2.24. The standard InChI is InChI=1S/C28H35NO5/c1-34-25-14-10-21(11-15-25)19-22-7-6-8-23(20-22)26(30)16-12-24-13-17-27(31)29(24)18-5-3-2-4-9-28(32)33/h6-8,10-12,14-16,20,24,26,30H,2-5,9,13,17-19H2,1H3,(H,32,33). The van der Waals surface area contributed by atoms with E-state index in [1.54, 1.807) is 13.2 Å². The van der Waals surface area contributed by atoms with Crippen molar-refractivity contribution in [2.45, 2.75) is 63.5 Å². The summed E-state index contributed by atoms with van der Waals surface area (Å²) in [4.78, 5) is 24.8. The number of benzene rings is 2. The average molecular weight is 466 g/mol. The summed E-state index contributed by atoms with van der Waals surface area (Å²) in [6.07, 6.45) is 8.59. The SMILES string of the molecule is COc1ccc(Cc2cccc(C(O)C=CC3CCC(=O)N3CCCCCCC(=O)O)c2)cc1. The summed E-state index contributed by atoms with van der Waals surface area (Å²) in [6.45, 7) is 0.675. The first-order chi connectivity index (χ1) is 16.5. The number of methoxy groups -OCH3 is 1. The van der Waals surface area contributed by atoms with E-state index in [0.29, 0.717) is 19.4 Å². The molecule has 1 aliphatic heterocycles. The Kier molecular flexibility index (Phi) is 9.71. The first-order valence-corrected chi connectivity index (χ1v) is 12.1. The maximum Gasteiger partial charge on any atom is 0.303 e. The molecule has 2 unspecified atom stereocenters. The van der Waals surface area contributed by atoms with Crippen molar-refractivity contribution in [3.8, 4) is 5.75 Å². The molecule has 6 nitrogen and oxygen atoms in total. The van der Waals surface area contributed by atoms with Crippen molar-refractivity contribution in [3.63, 3.8) is 0 Å². The largest absolute Gasteiger partial charge is 0.497 e. The zero-order chi connectivity index (χ0) is 24.3. The molecule has 2 aromatic rings. The summed E-state index contributed by atoms with van der Waals surface area (Å²) in [7, 11) is 1.65. The van der Waals surface area contributed by atoms with Crippen LogP contribution in [-0.2, 0) is 16.0 Å². The van der Waals surface area contributed by atoms with Gasteiger partial charge in [0.05, 0.1) is 19.3 Å². The quantitative estimate of drug-likeness (QED) is 0.324. The fourth-order valence-electron chi connectivity index (χ4n) is 4.37. The topological polar surface area (TPSA) is 87.1 Å². The van der Waals surface area contributed by atoms with E-state index in [2.05, 4.69) is 6.07 Å². The summed E-state index contributed by atoms with van der Waals surface area (Å²) in [5.41, 5.74) is 3.12. The number of nitrogens with zero attached hydrogens (tertiary/aromatic N) is 1. The molecule has 0 saturated carbocycles. The van der Waals surface area contributed by atoms with Gasteiger partial charge in [0.25, 0.3) is 0 Å². The number of amides is 1. The van der Waals surface area contributed by atoms with E-state index in [-0.39, 0.29) is 18.4 Å². The summed E-state index contributed by atoms with van der Waals surface area (Å²) >= 11 is 0. The van der Waals surface area contributed by atoms with Gasteiger partial charge in [0.2, 0.25) is 5.91 Å². The predicted molar refractivity (Wildman–Crippen MR) is 132 cm³/mol. The van der Waals surface area contributed by atoms with Gasteiger partial charge in [-0.3, -0.25) is 9.59 Å². The zero-order valence-electron chi connectivity index (χ0n) is 19.9. The van der Waals surface area contributed by atoms with Gasteiger partial charge in [-0.05, 0) is 54.5 Å². The zero-order valence-corrected chi connectivity index (χ0v) is 19.9. The van der Waals surface area contributed by atoms with Gasteiger partial charge >= 0.3 is 5.97 Å². The minimum Gasteiger partial charge on any atom is -0.497 e. The number of hydrogen-bond donors (Lipinski definition) is 2. The maximum atomic E-state index is 12.3. The van der Waals surface area contributed by atoms with Crippen LogP contribution in [0.1, 0.15) is 67.7 Å². The third-order valence-corrected chi connectivity index (χ3v) is 6.29. The molecule has 1 fully saturated rings. The van der Waals surface area contributed by atoms with Crippen molar-refractivity contribution >= 4 is 11.9 Å². The number of aliphatic carboxylic acids is 1. The highest BCUT2D eigenvalue weighted by molar-refractivity contribution is 5.79. The van der Waals surface area contributed by atoms with Crippen molar-refractivity contribution in [1.29, 1.82) is 0 Å². The Hall–Kier alpha value is -3.12. The van der Waals surface area contributed by atoms with Crippen LogP contribution in [-0.4, -0.2) is 46.7 Å². The van der Waals surface area contributed by atoms with E-state index in [1.807, 2.05) is 53.4 Å². The lowest BCUT2D eigenvalue weighted by molar-refractivity contribution is -0.137. The lowest BCUT2D eigenvalue weighted by Gasteiger charge is -2.22. The van der Waals surface area contributed by atoms with E-state index in [1.165, 1.54) is 5.56 Å². The van der Waals surface area contributed by atoms with Gasteiger partial charge in [0.1, 0.15) is 5.75 Å². The molecule has 2 N–H and O–H groups in total. The lowest BCUT2D eigenvalue weighted by Crippen LogP contribution is -2.32. The number of carbonyl (C=O) groups excluding carboxylic acids is 1. The van der Waals surface area contributed by atoms with Crippen LogP contribution in [0, 0.1) is 0 Å². The third-order valence-electron chi connectivity index (χ3n) is 6.29. The van der Waals surface area contributed by atoms with Crippen LogP contribution < -0.4 is 4.74 Å². The number of carboxylic acid groups (broad SMARTS) is 1. The Labute approximate surface area is 201 Å². The number of aliphatic hydroxyl groups is 1. The molecule has 0 aromatic heterocycles. The van der Waals surface area contributed by atoms with Gasteiger partial charge in [-0.1, -0.05) is 61.4 Å². The van der Waals surface area contributed by atoms with Crippen LogP contribution in [0.15, 0.2) is 60.7 Å². The molecule has 34 heavy (non-hydrogen) atoms. The summed E-state index contributed by atoms with van der Waals surface area (Å²) in [6, 6.07) is 15.9. The van der Waals surface area contributed by atoms with Crippen molar-refractivity contribution in [3.05, 3.63) is 77.4 Å². The first kappa shape index (κ1) is 25.5. The summed E-state index contributed by atoms with van der Waals surface area (Å²) in [5, 5.41) is 19.5. The number of rotatable bonds is 13.